The molecule has 29 heavy (non-hydrogen) atoms. The summed E-state index contributed by atoms with van der Waals surface area (Å²) in [6.45, 7) is 6.18. The van der Waals surface area contributed by atoms with Crippen LogP contribution in [0, 0.1) is 6.92 Å². The number of amides is 1. The molecule has 1 N–H and O–H groups in total. The monoisotopic (exact) mass is 426 g/mol. The van der Waals surface area contributed by atoms with Gasteiger partial charge in [-0.25, -0.2) is 4.98 Å². The first-order valence-corrected chi connectivity index (χ1v) is 10.7. The number of nitrogens with one attached hydrogen (secondary N) is 1. The van der Waals surface area contributed by atoms with Gasteiger partial charge < -0.3 is 5.32 Å². The summed E-state index contributed by atoms with van der Waals surface area (Å²) in [4.78, 5) is 30.2. The van der Waals surface area contributed by atoms with E-state index in [1.807, 2.05) is 55.5 Å². The predicted octanol–water partition coefficient (Wildman–Crippen LogP) is 6.50. The number of ketones is 1. The number of nitrogens with zero attached hydrogens (tertiary/aromatic N) is 1. The summed E-state index contributed by atoms with van der Waals surface area (Å²) < 4.78 is 0. The highest BCUT2D eigenvalue weighted by molar-refractivity contribution is 7.16. The average molecular weight is 427 g/mol. The quantitative estimate of drug-likeness (QED) is 0.439. The largest absolute Gasteiger partial charge is 0.302 e. The Labute approximate surface area is 180 Å². The molecule has 6 heteroatoms. The van der Waals surface area contributed by atoms with Crippen LogP contribution in [0.2, 0.25) is 5.02 Å². The number of halogens is 1. The Bertz CT molecular complexity index is 1010. The van der Waals surface area contributed by atoms with E-state index in [4.69, 9.17) is 11.6 Å². The first-order valence-electron chi connectivity index (χ1n) is 9.50. The third kappa shape index (κ3) is 5.52. The lowest BCUT2D eigenvalue weighted by molar-refractivity contribution is -0.116. The van der Waals surface area contributed by atoms with Crippen molar-refractivity contribution in [1.82, 2.24) is 4.98 Å². The molecule has 0 aliphatic rings. The molecule has 0 bridgehead atoms. The standard InChI is InChI=1S/C23H23ClN2O2S/c1-14(2)16-4-6-17(7-5-16)20(27)12-13-21(28)25-23-26-22(15(3)29-23)18-8-10-19(24)11-9-18/h4-11,14H,12-13H2,1-3H3,(H,25,26,28). The first-order chi connectivity index (χ1) is 13.8. The van der Waals surface area contributed by atoms with Crippen LogP contribution in [0.5, 0.6) is 0 Å². The van der Waals surface area contributed by atoms with Gasteiger partial charge in [-0.3, -0.25) is 9.59 Å². The number of hydrogen-bond acceptors (Lipinski definition) is 4. The summed E-state index contributed by atoms with van der Waals surface area (Å²) in [6.07, 6.45) is 0.293. The molecule has 150 valence electrons. The predicted molar refractivity (Wildman–Crippen MR) is 120 cm³/mol. The Balaban J connectivity index is 1.57. The molecule has 4 nitrogen and oxygen atoms in total. The van der Waals surface area contributed by atoms with Gasteiger partial charge in [-0.1, -0.05) is 61.8 Å². The van der Waals surface area contributed by atoms with Crippen molar-refractivity contribution in [2.24, 2.45) is 0 Å². The van der Waals surface area contributed by atoms with Crippen molar-refractivity contribution < 1.29 is 9.59 Å². The molecule has 2 aromatic carbocycles. The molecular formula is C23H23ClN2O2S. The molecule has 0 unspecified atom stereocenters. The fourth-order valence-corrected chi connectivity index (χ4v) is 3.91. The van der Waals surface area contributed by atoms with E-state index in [-0.39, 0.29) is 24.5 Å². The van der Waals surface area contributed by atoms with E-state index < -0.39 is 0 Å². The number of carbonyl (C=O) groups excluding carboxylic acids is 2. The Kier molecular flexibility index (Phi) is 6.83. The molecule has 1 aromatic heterocycles. The molecule has 0 spiro atoms. The maximum atomic E-state index is 12.3. The van der Waals surface area contributed by atoms with Crippen molar-refractivity contribution in [3.63, 3.8) is 0 Å². The van der Waals surface area contributed by atoms with Crippen molar-refractivity contribution in [3.8, 4) is 11.3 Å². The molecular weight excluding hydrogens is 404 g/mol. The smallest absolute Gasteiger partial charge is 0.226 e. The van der Waals surface area contributed by atoms with E-state index >= 15 is 0 Å². The zero-order chi connectivity index (χ0) is 21.0. The Hall–Kier alpha value is -2.50. The number of thiazole rings is 1. The zero-order valence-corrected chi connectivity index (χ0v) is 18.2. The van der Waals surface area contributed by atoms with Gasteiger partial charge in [-0.15, -0.1) is 11.3 Å². The van der Waals surface area contributed by atoms with Crippen molar-refractivity contribution in [1.29, 1.82) is 0 Å². The van der Waals surface area contributed by atoms with Crippen LogP contribution >= 0.6 is 22.9 Å². The first kappa shape index (κ1) is 21.2. The van der Waals surface area contributed by atoms with Gasteiger partial charge in [0.1, 0.15) is 0 Å². The summed E-state index contributed by atoms with van der Waals surface area (Å²) in [5.41, 5.74) is 3.60. The molecule has 0 saturated carbocycles. The summed E-state index contributed by atoms with van der Waals surface area (Å²) in [6, 6.07) is 15.0. The molecule has 1 heterocycles. The second-order valence-corrected chi connectivity index (χ2v) is 8.82. The lowest BCUT2D eigenvalue weighted by Crippen LogP contribution is -2.13. The minimum Gasteiger partial charge on any atom is -0.302 e. The highest BCUT2D eigenvalue weighted by Gasteiger charge is 2.14. The molecule has 1 amide bonds. The van der Waals surface area contributed by atoms with Crippen LogP contribution in [0.1, 0.15) is 53.4 Å². The Morgan fingerprint density at radius 1 is 1.03 bits per heavy atom. The number of rotatable bonds is 7. The number of carbonyl (C=O) groups is 2. The van der Waals surface area contributed by atoms with Crippen LogP contribution in [-0.2, 0) is 4.79 Å². The normalized spacial score (nSPS) is 10.9. The van der Waals surface area contributed by atoms with Crippen molar-refractivity contribution in [2.75, 3.05) is 5.32 Å². The molecule has 0 fully saturated rings. The topological polar surface area (TPSA) is 59.1 Å². The zero-order valence-electron chi connectivity index (χ0n) is 16.7. The van der Waals surface area contributed by atoms with Gasteiger partial charge in [0, 0.05) is 33.9 Å². The molecule has 0 aliphatic heterocycles. The summed E-state index contributed by atoms with van der Waals surface area (Å²) >= 11 is 7.35. The third-order valence-electron chi connectivity index (χ3n) is 4.64. The van der Waals surface area contributed by atoms with E-state index in [0.717, 1.165) is 16.1 Å². The molecule has 3 rings (SSSR count). The molecule has 0 atom stereocenters. The number of benzene rings is 2. The maximum Gasteiger partial charge on any atom is 0.226 e. The average Bonchev–Trinajstić information content (AvgIpc) is 3.06. The van der Waals surface area contributed by atoms with Crippen molar-refractivity contribution in [2.45, 2.75) is 39.5 Å². The third-order valence-corrected chi connectivity index (χ3v) is 5.78. The molecule has 0 radical (unpaired) electrons. The van der Waals surface area contributed by atoms with Crippen molar-refractivity contribution >= 4 is 39.8 Å². The van der Waals surface area contributed by atoms with Crippen LogP contribution in [-0.4, -0.2) is 16.7 Å². The SMILES string of the molecule is Cc1sc(NC(=O)CCC(=O)c2ccc(C(C)C)cc2)nc1-c1ccc(Cl)cc1. The van der Waals surface area contributed by atoms with Gasteiger partial charge in [0.05, 0.1) is 5.69 Å². The van der Waals surface area contributed by atoms with Gasteiger partial charge in [0.15, 0.2) is 10.9 Å². The van der Waals surface area contributed by atoms with Gasteiger partial charge in [-0.2, -0.15) is 0 Å². The fraction of sp³-hybridized carbons (Fsp3) is 0.261. The second kappa shape index (κ2) is 9.33. The lowest BCUT2D eigenvalue weighted by Gasteiger charge is -2.06. The minimum atomic E-state index is -0.214. The number of hydrogen-bond donors (Lipinski definition) is 1. The van der Waals surface area contributed by atoms with E-state index in [9.17, 15) is 9.59 Å². The Morgan fingerprint density at radius 2 is 1.69 bits per heavy atom. The lowest BCUT2D eigenvalue weighted by atomic mass is 9.99. The Morgan fingerprint density at radius 3 is 2.31 bits per heavy atom. The second-order valence-electron chi connectivity index (χ2n) is 7.18. The van der Waals surface area contributed by atoms with Crippen LogP contribution in [0.25, 0.3) is 11.3 Å². The van der Waals surface area contributed by atoms with Crippen LogP contribution in [0.3, 0.4) is 0 Å². The molecule has 3 aromatic rings. The minimum absolute atomic E-state index is 0.0346. The summed E-state index contributed by atoms with van der Waals surface area (Å²) in [5.74, 6) is 0.172. The van der Waals surface area contributed by atoms with Crippen LogP contribution in [0.15, 0.2) is 48.5 Å². The van der Waals surface area contributed by atoms with Crippen molar-refractivity contribution in [3.05, 3.63) is 69.6 Å². The fourth-order valence-electron chi connectivity index (χ4n) is 2.93. The van der Waals surface area contributed by atoms with Gasteiger partial charge in [0.2, 0.25) is 5.91 Å². The van der Waals surface area contributed by atoms with Gasteiger partial charge in [0.25, 0.3) is 0 Å². The van der Waals surface area contributed by atoms with Gasteiger partial charge >= 0.3 is 0 Å². The highest BCUT2D eigenvalue weighted by Crippen LogP contribution is 2.31. The van der Waals surface area contributed by atoms with E-state index in [2.05, 4.69) is 24.1 Å². The summed E-state index contributed by atoms with van der Waals surface area (Å²) in [7, 11) is 0. The van der Waals surface area contributed by atoms with Crippen LogP contribution < -0.4 is 5.32 Å². The number of anilines is 1. The van der Waals surface area contributed by atoms with Gasteiger partial charge in [-0.05, 0) is 30.5 Å². The maximum absolute atomic E-state index is 12.3. The van der Waals surface area contributed by atoms with Crippen LogP contribution in [0.4, 0.5) is 5.13 Å². The highest BCUT2D eigenvalue weighted by atomic mass is 35.5. The number of aryl methyl sites for hydroxylation is 1. The van der Waals surface area contributed by atoms with E-state index in [1.54, 1.807) is 0 Å². The van der Waals surface area contributed by atoms with E-state index in [0.29, 0.717) is 21.6 Å². The molecule has 0 saturated heterocycles. The molecule has 0 aliphatic carbocycles. The summed E-state index contributed by atoms with van der Waals surface area (Å²) in [5, 5.41) is 4.00. The number of aromatic nitrogens is 1. The number of Topliss-reactive ketones (excluding diaryl/α,β-unsaturated/α-hetero) is 1. The van der Waals surface area contributed by atoms with E-state index in [1.165, 1.54) is 16.9 Å².